The van der Waals surface area contributed by atoms with Crippen LogP contribution < -0.4 is 5.32 Å². The predicted octanol–water partition coefficient (Wildman–Crippen LogP) is 4.26. The van der Waals surface area contributed by atoms with Gasteiger partial charge in [-0.2, -0.15) is 0 Å². The smallest absolute Gasteiger partial charge is 0.0805 e. The van der Waals surface area contributed by atoms with Crippen LogP contribution in [-0.4, -0.2) is 12.0 Å². The van der Waals surface area contributed by atoms with E-state index in [0.717, 1.165) is 17.7 Å². The van der Waals surface area contributed by atoms with E-state index in [2.05, 4.69) is 41.5 Å². The Labute approximate surface area is 123 Å². The zero-order chi connectivity index (χ0) is 13.8. The van der Waals surface area contributed by atoms with Gasteiger partial charge < -0.3 is 5.32 Å². The summed E-state index contributed by atoms with van der Waals surface area (Å²) in [6.07, 6.45) is 2.65. The number of nitrogens with zero attached hydrogens (tertiary/aromatic N) is 1. The lowest BCUT2D eigenvalue weighted by Crippen LogP contribution is -2.19. The van der Waals surface area contributed by atoms with Crippen LogP contribution in [0.2, 0.25) is 10.0 Å². The van der Waals surface area contributed by atoms with Crippen LogP contribution in [0.5, 0.6) is 0 Å². The van der Waals surface area contributed by atoms with Crippen LogP contribution in [0.1, 0.15) is 29.8 Å². The summed E-state index contributed by atoms with van der Waals surface area (Å²) in [5.41, 5.74) is 3.24. The van der Waals surface area contributed by atoms with Gasteiger partial charge in [0.1, 0.15) is 0 Å². The summed E-state index contributed by atoms with van der Waals surface area (Å²) in [5.74, 6) is 0. The van der Waals surface area contributed by atoms with E-state index >= 15 is 0 Å². The van der Waals surface area contributed by atoms with Crippen molar-refractivity contribution in [2.45, 2.75) is 19.4 Å². The fraction of sp³-hybridized carbons (Fsp3) is 0.267. The predicted molar refractivity (Wildman–Crippen MR) is 81.0 cm³/mol. The fourth-order valence-corrected chi connectivity index (χ4v) is 2.53. The molecule has 0 fully saturated rings. The minimum atomic E-state index is -0.0318. The summed E-state index contributed by atoms with van der Waals surface area (Å²) in [7, 11) is 1.89. The lowest BCUT2D eigenvalue weighted by Gasteiger charge is -2.18. The van der Waals surface area contributed by atoms with Gasteiger partial charge in [-0.3, -0.25) is 4.98 Å². The van der Waals surface area contributed by atoms with Gasteiger partial charge in [0.2, 0.25) is 0 Å². The maximum Gasteiger partial charge on any atom is 0.0805 e. The van der Waals surface area contributed by atoms with Crippen molar-refractivity contribution in [3.63, 3.8) is 0 Å². The minimum Gasteiger partial charge on any atom is -0.308 e. The largest absolute Gasteiger partial charge is 0.308 e. The van der Waals surface area contributed by atoms with Crippen molar-refractivity contribution >= 4 is 23.2 Å². The van der Waals surface area contributed by atoms with Gasteiger partial charge in [0, 0.05) is 6.20 Å². The molecule has 0 aliphatic carbocycles. The Morgan fingerprint density at radius 1 is 1.21 bits per heavy atom. The number of hydrogen-bond acceptors (Lipinski definition) is 2. The molecule has 0 radical (unpaired) electrons. The van der Waals surface area contributed by atoms with Gasteiger partial charge in [0.05, 0.1) is 21.8 Å². The van der Waals surface area contributed by atoms with Crippen LogP contribution in [0.25, 0.3) is 0 Å². The van der Waals surface area contributed by atoms with Crippen molar-refractivity contribution < 1.29 is 0 Å². The summed E-state index contributed by atoms with van der Waals surface area (Å²) in [6, 6.07) is 10.2. The standard InChI is InChI=1S/C15H16Cl2N2/c1-3-10-4-6-11(7-5-10)14(18-2)15-13(17)8-12(16)9-19-15/h4-9,14,18H,3H2,1-2H3. The van der Waals surface area contributed by atoms with E-state index < -0.39 is 0 Å². The number of pyridine rings is 1. The molecule has 1 N–H and O–H groups in total. The second kappa shape index (κ2) is 6.38. The quantitative estimate of drug-likeness (QED) is 0.911. The Morgan fingerprint density at radius 2 is 1.89 bits per heavy atom. The van der Waals surface area contributed by atoms with Gasteiger partial charge in [-0.1, -0.05) is 54.4 Å². The van der Waals surface area contributed by atoms with Gasteiger partial charge in [0.25, 0.3) is 0 Å². The average molecular weight is 295 g/mol. The molecule has 2 nitrogen and oxygen atoms in total. The molecule has 1 heterocycles. The monoisotopic (exact) mass is 294 g/mol. The number of benzene rings is 1. The van der Waals surface area contributed by atoms with Crippen LogP contribution in [0.3, 0.4) is 0 Å². The zero-order valence-electron chi connectivity index (χ0n) is 11.0. The Hall–Kier alpha value is -1.09. The van der Waals surface area contributed by atoms with E-state index in [0.29, 0.717) is 10.0 Å². The molecular formula is C15H16Cl2N2. The lowest BCUT2D eigenvalue weighted by molar-refractivity contribution is 0.671. The molecule has 1 aromatic carbocycles. The maximum absolute atomic E-state index is 6.22. The molecule has 0 bridgehead atoms. The highest BCUT2D eigenvalue weighted by Gasteiger charge is 2.16. The Kier molecular flexibility index (Phi) is 4.81. The topological polar surface area (TPSA) is 24.9 Å². The highest BCUT2D eigenvalue weighted by atomic mass is 35.5. The zero-order valence-corrected chi connectivity index (χ0v) is 12.5. The molecule has 0 spiro atoms. The Bertz CT molecular complexity index is 553. The normalized spacial score (nSPS) is 12.4. The summed E-state index contributed by atoms with van der Waals surface area (Å²) in [6.45, 7) is 2.14. The number of halogens is 2. The van der Waals surface area contributed by atoms with Crippen molar-refractivity contribution in [1.29, 1.82) is 0 Å². The summed E-state index contributed by atoms with van der Waals surface area (Å²) < 4.78 is 0. The number of hydrogen-bond donors (Lipinski definition) is 1. The first kappa shape index (κ1) is 14.3. The second-order valence-corrected chi connectivity index (χ2v) is 5.18. The van der Waals surface area contributed by atoms with E-state index in [4.69, 9.17) is 23.2 Å². The van der Waals surface area contributed by atoms with Crippen molar-refractivity contribution in [3.05, 3.63) is 63.4 Å². The summed E-state index contributed by atoms with van der Waals surface area (Å²) >= 11 is 12.1. The third-order valence-electron chi connectivity index (χ3n) is 3.12. The average Bonchev–Trinajstić information content (AvgIpc) is 2.42. The van der Waals surface area contributed by atoms with Gasteiger partial charge >= 0.3 is 0 Å². The highest BCUT2D eigenvalue weighted by Crippen LogP contribution is 2.28. The Morgan fingerprint density at radius 3 is 2.42 bits per heavy atom. The van der Waals surface area contributed by atoms with Gasteiger partial charge in [-0.15, -0.1) is 0 Å². The molecule has 0 aliphatic heterocycles. The molecule has 0 amide bonds. The summed E-state index contributed by atoms with van der Waals surface area (Å²) in [5, 5.41) is 4.36. The molecule has 1 atom stereocenters. The van der Waals surface area contributed by atoms with Crippen molar-refractivity contribution in [2.24, 2.45) is 0 Å². The molecular weight excluding hydrogens is 279 g/mol. The van der Waals surface area contributed by atoms with Crippen LogP contribution in [0.4, 0.5) is 0 Å². The SMILES string of the molecule is CCc1ccc(C(NC)c2ncc(Cl)cc2Cl)cc1. The highest BCUT2D eigenvalue weighted by molar-refractivity contribution is 6.34. The van der Waals surface area contributed by atoms with E-state index in [9.17, 15) is 0 Å². The molecule has 1 unspecified atom stereocenters. The van der Waals surface area contributed by atoms with E-state index in [1.807, 2.05) is 7.05 Å². The molecule has 1 aromatic heterocycles. The van der Waals surface area contributed by atoms with Gasteiger partial charge in [-0.25, -0.2) is 0 Å². The third-order valence-corrected chi connectivity index (χ3v) is 3.63. The molecule has 2 aromatic rings. The van der Waals surface area contributed by atoms with Crippen LogP contribution >= 0.6 is 23.2 Å². The van der Waals surface area contributed by atoms with Gasteiger partial charge in [-0.05, 0) is 30.7 Å². The molecule has 0 aliphatic rings. The van der Waals surface area contributed by atoms with Crippen molar-refractivity contribution in [3.8, 4) is 0 Å². The van der Waals surface area contributed by atoms with Crippen LogP contribution in [-0.2, 0) is 6.42 Å². The van der Waals surface area contributed by atoms with Crippen LogP contribution in [0.15, 0.2) is 36.5 Å². The molecule has 0 saturated heterocycles. The van der Waals surface area contributed by atoms with Crippen molar-refractivity contribution in [2.75, 3.05) is 7.05 Å². The van der Waals surface area contributed by atoms with Crippen LogP contribution in [0, 0.1) is 0 Å². The summed E-state index contributed by atoms with van der Waals surface area (Å²) in [4.78, 5) is 4.34. The first-order valence-corrected chi connectivity index (χ1v) is 6.98. The molecule has 2 rings (SSSR count). The number of rotatable bonds is 4. The lowest BCUT2D eigenvalue weighted by atomic mass is 10.0. The molecule has 4 heteroatoms. The number of aromatic nitrogens is 1. The second-order valence-electron chi connectivity index (χ2n) is 4.34. The number of nitrogens with one attached hydrogen (secondary N) is 1. The fourth-order valence-electron chi connectivity index (χ4n) is 2.04. The van der Waals surface area contributed by atoms with Gasteiger partial charge in [0.15, 0.2) is 0 Å². The maximum atomic E-state index is 6.22. The minimum absolute atomic E-state index is 0.0318. The number of aryl methyl sites for hydroxylation is 1. The van der Waals surface area contributed by atoms with Crippen molar-refractivity contribution in [1.82, 2.24) is 10.3 Å². The van der Waals surface area contributed by atoms with E-state index in [1.54, 1.807) is 12.3 Å². The molecule has 100 valence electrons. The Balaban J connectivity index is 2.37. The molecule has 19 heavy (non-hydrogen) atoms. The molecule has 0 saturated carbocycles. The first-order chi connectivity index (χ1) is 9.15. The third kappa shape index (κ3) is 3.27. The van der Waals surface area contributed by atoms with E-state index in [-0.39, 0.29) is 6.04 Å². The first-order valence-electron chi connectivity index (χ1n) is 6.22. The van der Waals surface area contributed by atoms with E-state index in [1.165, 1.54) is 5.56 Å².